The Labute approximate surface area is 164 Å². The van der Waals surface area contributed by atoms with Gasteiger partial charge in [0.2, 0.25) is 0 Å². The number of rotatable bonds is 6. The number of fused-ring (bicyclic) bond motifs is 1. The molecule has 0 spiro atoms. The monoisotopic (exact) mass is 404 g/mol. The molecular weight excluding hydrogens is 384 g/mol. The number of hydrogen-bond donors (Lipinski definition) is 0. The lowest BCUT2D eigenvalue weighted by Gasteiger charge is -2.09. The van der Waals surface area contributed by atoms with E-state index in [-0.39, 0.29) is 18.8 Å². The molecule has 148 valence electrons. The van der Waals surface area contributed by atoms with E-state index >= 15 is 0 Å². The van der Waals surface area contributed by atoms with Crippen LogP contribution in [0.3, 0.4) is 0 Å². The van der Waals surface area contributed by atoms with Crippen LogP contribution in [0, 0.1) is 0 Å². The molecule has 1 amide bonds. The summed E-state index contributed by atoms with van der Waals surface area (Å²) in [6, 6.07) is 5.08. The van der Waals surface area contributed by atoms with Gasteiger partial charge < -0.3 is 18.8 Å². The van der Waals surface area contributed by atoms with Gasteiger partial charge in [-0.15, -0.1) is 0 Å². The third kappa shape index (κ3) is 3.77. The Morgan fingerprint density at radius 2 is 1.89 bits per heavy atom. The van der Waals surface area contributed by atoms with Crippen LogP contribution in [0.4, 0.5) is 0 Å². The van der Waals surface area contributed by atoms with Crippen LogP contribution in [-0.2, 0) is 23.1 Å². The van der Waals surface area contributed by atoms with E-state index in [4.69, 9.17) is 14.2 Å². The third-order valence-electron chi connectivity index (χ3n) is 3.91. The van der Waals surface area contributed by atoms with Crippen molar-refractivity contribution >= 4 is 33.4 Å². The highest BCUT2D eigenvalue weighted by Gasteiger charge is 2.19. The van der Waals surface area contributed by atoms with Crippen LogP contribution >= 0.6 is 11.3 Å². The van der Waals surface area contributed by atoms with Gasteiger partial charge in [-0.3, -0.25) is 14.3 Å². The quantitative estimate of drug-likeness (QED) is 0.581. The van der Waals surface area contributed by atoms with Gasteiger partial charge in [0.25, 0.3) is 5.91 Å². The van der Waals surface area contributed by atoms with E-state index in [1.54, 1.807) is 50.0 Å². The summed E-state index contributed by atoms with van der Waals surface area (Å²) in [4.78, 5) is 29.2. The Morgan fingerprint density at radius 1 is 1.18 bits per heavy atom. The third-order valence-corrected chi connectivity index (χ3v) is 5.01. The number of nitrogens with zero attached hydrogens (tertiary/aromatic N) is 4. The van der Waals surface area contributed by atoms with E-state index in [0.717, 1.165) is 0 Å². The molecular formula is C18H20N4O5S. The Bertz CT molecular complexity index is 1100. The molecule has 0 unspecified atom stereocenters. The van der Waals surface area contributed by atoms with Crippen molar-refractivity contribution in [2.24, 2.45) is 12.0 Å². The number of benzene rings is 1. The molecule has 1 aromatic carbocycles. The summed E-state index contributed by atoms with van der Waals surface area (Å²) in [6.07, 6.45) is 1.66. The van der Waals surface area contributed by atoms with Crippen molar-refractivity contribution in [1.82, 2.24) is 14.3 Å². The van der Waals surface area contributed by atoms with Crippen molar-refractivity contribution in [2.75, 3.05) is 20.8 Å². The summed E-state index contributed by atoms with van der Waals surface area (Å²) in [5.74, 6) is 0.162. The second-order valence-corrected chi connectivity index (χ2v) is 6.69. The van der Waals surface area contributed by atoms with Gasteiger partial charge in [-0.2, -0.15) is 10.1 Å². The van der Waals surface area contributed by atoms with Gasteiger partial charge in [-0.05, 0) is 25.1 Å². The maximum atomic E-state index is 12.5. The highest BCUT2D eigenvalue weighted by atomic mass is 32.1. The van der Waals surface area contributed by atoms with Gasteiger partial charge >= 0.3 is 5.97 Å². The molecule has 9 nitrogen and oxygen atoms in total. The number of aryl methyl sites for hydroxylation is 1. The molecule has 28 heavy (non-hydrogen) atoms. The average Bonchev–Trinajstić information content (AvgIpc) is 3.26. The molecule has 0 bridgehead atoms. The summed E-state index contributed by atoms with van der Waals surface area (Å²) in [6.45, 7) is 1.86. The SMILES string of the molecule is CCOC(=O)Cn1c(=NC(=O)c2ccn(C)n2)sc2c(OC)ccc(OC)c21. The van der Waals surface area contributed by atoms with Crippen LogP contribution in [0.1, 0.15) is 17.4 Å². The smallest absolute Gasteiger partial charge is 0.326 e. The minimum atomic E-state index is -0.511. The molecule has 0 fully saturated rings. The topological polar surface area (TPSA) is 96.9 Å². The summed E-state index contributed by atoms with van der Waals surface area (Å²) < 4.78 is 19.8. The van der Waals surface area contributed by atoms with E-state index < -0.39 is 11.9 Å². The molecule has 2 heterocycles. The summed E-state index contributed by atoms with van der Waals surface area (Å²) in [5.41, 5.74) is 0.814. The normalized spacial score (nSPS) is 11.6. The molecule has 0 saturated carbocycles. The zero-order valence-electron chi connectivity index (χ0n) is 16.0. The fraction of sp³-hybridized carbons (Fsp3) is 0.333. The summed E-state index contributed by atoms with van der Waals surface area (Å²) in [5, 5.41) is 4.08. The van der Waals surface area contributed by atoms with Crippen molar-refractivity contribution in [3.63, 3.8) is 0 Å². The van der Waals surface area contributed by atoms with Crippen LogP contribution in [-0.4, -0.2) is 47.1 Å². The van der Waals surface area contributed by atoms with Crippen molar-refractivity contribution in [3.8, 4) is 11.5 Å². The maximum Gasteiger partial charge on any atom is 0.326 e. The van der Waals surface area contributed by atoms with Gasteiger partial charge in [-0.25, -0.2) is 0 Å². The van der Waals surface area contributed by atoms with Gasteiger partial charge in [-0.1, -0.05) is 11.3 Å². The van der Waals surface area contributed by atoms with Gasteiger partial charge in [0.05, 0.1) is 20.8 Å². The molecule has 0 N–H and O–H groups in total. The Morgan fingerprint density at radius 3 is 2.50 bits per heavy atom. The minimum Gasteiger partial charge on any atom is -0.495 e. The summed E-state index contributed by atoms with van der Waals surface area (Å²) >= 11 is 1.22. The maximum absolute atomic E-state index is 12.5. The molecule has 3 rings (SSSR count). The number of aromatic nitrogens is 3. The molecule has 10 heteroatoms. The lowest BCUT2D eigenvalue weighted by molar-refractivity contribution is -0.143. The van der Waals surface area contributed by atoms with Crippen LogP contribution in [0.25, 0.3) is 10.2 Å². The first-order chi connectivity index (χ1) is 13.5. The molecule has 0 radical (unpaired) electrons. The van der Waals surface area contributed by atoms with Crippen LogP contribution in [0.5, 0.6) is 11.5 Å². The lowest BCUT2D eigenvalue weighted by Crippen LogP contribution is -2.23. The number of ether oxygens (including phenoxy) is 3. The molecule has 0 aliphatic heterocycles. The predicted octanol–water partition coefficient (Wildman–Crippen LogP) is 1.76. The van der Waals surface area contributed by atoms with Gasteiger partial charge in [0, 0.05) is 13.2 Å². The van der Waals surface area contributed by atoms with Crippen LogP contribution in [0.15, 0.2) is 29.4 Å². The van der Waals surface area contributed by atoms with Crippen LogP contribution < -0.4 is 14.3 Å². The number of carbonyl (C=O) groups is 2. The summed E-state index contributed by atoms with van der Waals surface area (Å²) in [7, 11) is 4.79. The van der Waals surface area contributed by atoms with Crippen molar-refractivity contribution < 1.29 is 23.8 Å². The van der Waals surface area contributed by atoms with E-state index in [2.05, 4.69) is 10.1 Å². The number of methoxy groups -OCH3 is 2. The fourth-order valence-electron chi connectivity index (χ4n) is 2.70. The number of amides is 1. The standard InChI is InChI=1S/C18H20N4O5S/c1-5-27-14(23)10-22-15-12(25-3)6-7-13(26-4)16(15)28-18(22)19-17(24)11-8-9-21(2)20-11/h6-9H,5,10H2,1-4H3. The molecule has 0 aliphatic carbocycles. The highest BCUT2D eigenvalue weighted by Crippen LogP contribution is 2.35. The average molecular weight is 404 g/mol. The lowest BCUT2D eigenvalue weighted by atomic mass is 10.3. The van der Waals surface area contributed by atoms with E-state index in [1.807, 2.05) is 0 Å². The first-order valence-corrected chi connectivity index (χ1v) is 9.28. The highest BCUT2D eigenvalue weighted by molar-refractivity contribution is 7.16. The van der Waals surface area contributed by atoms with Crippen molar-refractivity contribution in [3.05, 3.63) is 34.9 Å². The number of hydrogen-bond acceptors (Lipinski definition) is 7. The van der Waals surface area contributed by atoms with Crippen LogP contribution in [0.2, 0.25) is 0 Å². The molecule has 0 atom stereocenters. The zero-order valence-corrected chi connectivity index (χ0v) is 16.8. The van der Waals surface area contributed by atoms with E-state index in [9.17, 15) is 9.59 Å². The predicted molar refractivity (Wildman–Crippen MR) is 103 cm³/mol. The second kappa shape index (κ2) is 8.26. The molecule has 3 aromatic rings. The molecule has 0 aliphatic rings. The minimum absolute atomic E-state index is 0.119. The number of thiazole rings is 1. The van der Waals surface area contributed by atoms with E-state index in [0.29, 0.717) is 26.5 Å². The van der Waals surface area contributed by atoms with Gasteiger partial charge in [0.15, 0.2) is 10.5 Å². The van der Waals surface area contributed by atoms with Crippen molar-refractivity contribution in [1.29, 1.82) is 0 Å². The molecule has 0 saturated heterocycles. The fourth-order valence-corrected chi connectivity index (χ4v) is 3.83. The number of carbonyl (C=O) groups excluding carboxylic acids is 2. The Hall–Kier alpha value is -3.14. The first-order valence-electron chi connectivity index (χ1n) is 8.47. The Balaban J connectivity index is 2.23. The van der Waals surface area contributed by atoms with E-state index in [1.165, 1.54) is 23.1 Å². The second-order valence-electron chi connectivity index (χ2n) is 5.72. The first kappa shape index (κ1) is 19.6. The number of esters is 1. The van der Waals surface area contributed by atoms with Gasteiger partial charge in [0.1, 0.15) is 28.3 Å². The van der Waals surface area contributed by atoms with Crippen molar-refractivity contribution in [2.45, 2.75) is 13.5 Å². The largest absolute Gasteiger partial charge is 0.495 e. The Kier molecular flexibility index (Phi) is 5.78. The zero-order chi connectivity index (χ0) is 20.3. The molecule has 2 aromatic heterocycles.